The van der Waals surface area contributed by atoms with Gasteiger partial charge in [0, 0.05) is 22.9 Å². The van der Waals surface area contributed by atoms with Gasteiger partial charge in [-0.3, -0.25) is 0 Å². The second kappa shape index (κ2) is 10.5. The van der Waals surface area contributed by atoms with Gasteiger partial charge < -0.3 is 4.42 Å². The Bertz CT molecular complexity index is 1680. The molecule has 5 aromatic rings. The van der Waals surface area contributed by atoms with Gasteiger partial charge in [0.2, 0.25) is 5.69 Å². The first-order valence-corrected chi connectivity index (χ1v) is 15.3. The van der Waals surface area contributed by atoms with E-state index < -0.39 is 0 Å². The number of nitrogens with zero attached hydrogens (tertiary/aromatic N) is 1. The molecule has 0 unspecified atom stereocenters. The molecule has 7 rings (SSSR count). The second-order valence-corrected chi connectivity index (χ2v) is 12.4. The van der Waals surface area contributed by atoms with E-state index in [1.165, 1.54) is 63.4 Å². The Morgan fingerprint density at radius 1 is 0.725 bits per heavy atom. The van der Waals surface area contributed by atoms with Crippen molar-refractivity contribution >= 4 is 21.9 Å². The minimum atomic E-state index is -0.228. The maximum Gasteiger partial charge on any atom is 0.216 e. The molecular weight excluding hydrogens is 493 g/mol. The molecule has 2 aromatic heterocycles. The molecule has 40 heavy (non-hydrogen) atoms. The summed E-state index contributed by atoms with van der Waals surface area (Å²) in [7, 11) is 2.05. The lowest BCUT2D eigenvalue weighted by Crippen LogP contribution is -2.30. The van der Waals surface area contributed by atoms with Gasteiger partial charge in [0.05, 0.1) is 11.1 Å². The fourth-order valence-electron chi connectivity index (χ4n) is 7.83. The Balaban J connectivity index is 1.27. The third-order valence-electron chi connectivity index (χ3n) is 10.0. The van der Waals surface area contributed by atoms with Crippen molar-refractivity contribution in [1.82, 2.24) is 0 Å². The molecule has 0 N–H and O–H groups in total. The predicted octanol–water partition coefficient (Wildman–Crippen LogP) is 10.0. The van der Waals surface area contributed by atoms with E-state index in [4.69, 9.17) is 4.42 Å². The molecule has 2 nitrogen and oxygen atoms in total. The molecule has 0 atom stereocenters. The third kappa shape index (κ3) is 4.44. The Kier molecular flexibility index (Phi) is 6.70. The van der Waals surface area contributed by atoms with E-state index in [9.17, 15) is 0 Å². The smallest absolute Gasteiger partial charge is 0.216 e. The van der Waals surface area contributed by atoms with Crippen LogP contribution in [0.25, 0.3) is 44.3 Å². The monoisotopic (exact) mass is 532 g/mol. The number of halogens is 1. The molecule has 204 valence electrons. The number of pyridine rings is 1. The number of fused-ring (bicyclic) bond motifs is 3. The molecule has 0 radical (unpaired) electrons. The van der Waals surface area contributed by atoms with E-state index in [0.717, 1.165) is 50.6 Å². The molecule has 0 spiro atoms. The van der Waals surface area contributed by atoms with Gasteiger partial charge in [-0.05, 0) is 85.3 Å². The van der Waals surface area contributed by atoms with Crippen molar-refractivity contribution in [2.45, 2.75) is 70.6 Å². The standard InChI is InChI=1S/C37H39FNO/c1-24-14-19-30-31-20-21-32(38)35(37(31)40-36(30)34(24)33-13-6-7-22-39(33)2)29-12-8-11-28(23-29)27-17-15-26(16-18-27)25-9-4-3-5-10-25/h6-8,11-14,19-23,25-27H,3-5,9-10,15-18H2,1-2H3/q+1. The molecule has 2 heterocycles. The van der Waals surface area contributed by atoms with E-state index in [1.807, 2.05) is 18.2 Å². The van der Waals surface area contributed by atoms with E-state index >= 15 is 4.39 Å². The molecular formula is C37H39FNO+. The summed E-state index contributed by atoms with van der Waals surface area (Å²) in [6.07, 6.45) is 14.4. The highest BCUT2D eigenvalue weighted by Crippen LogP contribution is 2.45. The quantitative estimate of drug-likeness (QED) is 0.210. The number of rotatable bonds is 4. The van der Waals surface area contributed by atoms with E-state index in [1.54, 1.807) is 6.07 Å². The van der Waals surface area contributed by atoms with Crippen molar-refractivity contribution in [2.75, 3.05) is 0 Å². The average Bonchev–Trinajstić information content (AvgIpc) is 3.36. The number of aromatic nitrogens is 1. The number of aryl methyl sites for hydroxylation is 2. The summed E-state index contributed by atoms with van der Waals surface area (Å²) in [4.78, 5) is 0. The molecule has 2 aliphatic carbocycles. The normalized spacial score (nSPS) is 20.4. The first kappa shape index (κ1) is 25.5. The minimum absolute atomic E-state index is 0.228. The number of benzene rings is 3. The zero-order chi connectivity index (χ0) is 27.2. The predicted molar refractivity (Wildman–Crippen MR) is 162 cm³/mol. The van der Waals surface area contributed by atoms with Crippen LogP contribution in [0.5, 0.6) is 0 Å². The summed E-state index contributed by atoms with van der Waals surface area (Å²) in [6, 6.07) is 22.6. The van der Waals surface area contributed by atoms with Crippen molar-refractivity contribution in [3.05, 3.63) is 89.9 Å². The highest BCUT2D eigenvalue weighted by Gasteiger charge is 2.29. The molecule has 0 amide bonds. The SMILES string of the molecule is Cc1ccc2c(oc3c(-c4cccc(C5CCC(C6CCCCC6)CC5)c4)c(F)ccc32)c1-c1cccc[n+]1C. The van der Waals surface area contributed by atoms with Gasteiger partial charge in [0.1, 0.15) is 24.0 Å². The first-order valence-electron chi connectivity index (χ1n) is 15.3. The van der Waals surface area contributed by atoms with Gasteiger partial charge >= 0.3 is 0 Å². The Morgan fingerprint density at radius 3 is 2.23 bits per heavy atom. The number of furan rings is 1. The van der Waals surface area contributed by atoms with Gasteiger partial charge in [0.25, 0.3) is 0 Å². The van der Waals surface area contributed by atoms with E-state index in [-0.39, 0.29) is 5.82 Å². The Labute approximate surface area is 236 Å². The molecule has 2 fully saturated rings. The zero-order valence-corrected chi connectivity index (χ0v) is 23.8. The fraction of sp³-hybridized carbons (Fsp3) is 0.378. The van der Waals surface area contributed by atoms with Gasteiger partial charge in [0.15, 0.2) is 6.20 Å². The van der Waals surface area contributed by atoms with Crippen molar-refractivity contribution in [3.8, 4) is 22.4 Å². The lowest BCUT2D eigenvalue weighted by molar-refractivity contribution is -0.660. The average molecular weight is 533 g/mol. The minimum Gasteiger partial charge on any atom is -0.454 e. The fourth-order valence-corrected chi connectivity index (χ4v) is 7.83. The van der Waals surface area contributed by atoms with Crippen molar-refractivity contribution in [1.29, 1.82) is 0 Å². The summed E-state index contributed by atoms with van der Waals surface area (Å²) in [6.45, 7) is 2.11. The van der Waals surface area contributed by atoms with Crippen LogP contribution in [0.2, 0.25) is 0 Å². The van der Waals surface area contributed by atoms with E-state index in [2.05, 4.69) is 67.2 Å². The zero-order valence-electron chi connectivity index (χ0n) is 23.8. The maximum absolute atomic E-state index is 15.7. The molecule has 2 saturated carbocycles. The molecule has 0 aliphatic heterocycles. The van der Waals surface area contributed by atoms with Crippen LogP contribution in [-0.4, -0.2) is 0 Å². The topological polar surface area (TPSA) is 17.0 Å². The summed E-state index contributed by atoms with van der Waals surface area (Å²) >= 11 is 0. The van der Waals surface area contributed by atoms with Crippen LogP contribution in [0.3, 0.4) is 0 Å². The van der Waals surface area contributed by atoms with Gasteiger partial charge in [-0.15, -0.1) is 0 Å². The maximum atomic E-state index is 15.7. The second-order valence-electron chi connectivity index (χ2n) is 12.4. The molecule has 0 saturated heterocycles. The molecule has 3 aromatic carbocycles. The third-order valence-corrected chi connectivity index (χ3v) is 10.0. The van der Waals surface area contributed by atoms with Gasteiger partial charge in [-0.25, -0.2) is 8.96 Å². The van der Waals surface area contributed by atoms with Crippen molar-refractivity contribution in [3.63, 3.8) is 0 Å². The lowest BCUT2D eigenvalue weighted by Gasteiger charge is -2.36. The Hall–Kier alpha value is -3.46. The lowest BCUT2D eigenvalue weighted by atomic mass is 9.70. The van der Waals surface area contributed by atoms with Crippen LogP contribution >= 0.6 is 0 Å². The molecule has 0 bridgehead atoms. The van der Waals surface area contributed by atoms with Crippen molar-refractivity contribution in [2.24, 2.45) is 18.9 Å². The Morgan fingerprint density at radius 2 is 1.45 bits per heavy atom. The first-order chi connectivity index (χ1) is 19.6. The van der Waals surface area contributed by atoms with Crippen molar-refractivity contribution < 1.29 is 13.4 Å². The molecule has 3 heteroatoms. The highest BCUT2D eigenvalue weighted by atomic mass is 19.1. The largest absolute Gasteiger partial charge is 0.454 e. The summed E-state index contributed by atoms with van der Waals surface area (Å²) in [5.41, 5.74) is 7.58. The van der Waals surface area contributed by atoms with Crippen LogP contribution < -0.4 is 4.57 Å². The van der Waals surface area contributed by atoms with Crippen LogP contribution in [-0.2, 0) is 7.05 Å². The van der Waals surface area contributed by atoms with Crippen LogP contribution in [0, 0.1) is 24.6 Å². The highest BCUT2D eigenvalue weighted by molar-refractivity contribution is 6.13. The van der Waals surface area contributed by atoms with Crippen LogP contribution in [0.4, 0.5) is 4.39 Å². The van der Waals surface area contributed by atoms with Gasteiger partial charge in [-0.2, -0.15) is 0 Å². The summed E-state index contributed by atoms with van der Waals surface area (Å²) in [5.74, 6) is 2.19. The summed E-state index contributed by atoms with van der Waals surface area (Å²) < 4.78 is 24.4. The summed E-state index contributed by atoms with van der Waals surface area (Å²) in [5, 5.41) is 1.99. The van der Waals surface area contributed by atoms with Gasteiger partial charge in [-0.1, -0.05) is 68.5 Å². The molecule has 2 aliphatic rings. The van der Waals surface area contributed by atoms with E-state index in [0.29, 0.717) is 17.1 Å². The number of hydrogen-bond acceptors (Lipinski definition) is 1. The van der Waals surface area contributed by atoms with Crippen LogP contribution in [0.1, 0.15) is 74.8 Å². The van der Waals surface area contributed by atoms with Crippen LogP contribution in [0.15, 0.2) is 77.3 Å². The number of hydrogen-bond donors (Lipinski definition) is 0.